The predicted molar refractivity (Wildman–Crippen MR) is 65.2 cm³/mol. The van der Waals surface area contributed by atoms with Crippen molar-refractivity contribution in [2.75, 3.05) is 18.1 Å². The lowest BCUT2D eigenvalue weighted by Crippen LogP contribution is -2.44. The lowest BCUT2D eigenvalue weighted by atomic mass is 10.1. The quantitative estimate of drug-likeness (QED) is 0.454. The molecule has 0 saturated carbocycles. The van der Waals surface area contributed by atoms with Crippen LogP contribution in [0.2, 0.25) is 0 Å². The van der Waals surface area contributed by atoms with E-state index >= 15 is 0 Å². The highest BCUT2D eigenvalue weighted by molar-refractivity contribution is 8.17. The summed E-state index contributed by atoms with van der Waals surface area (Å²) in [5.74, 6) is 1.66. The van der Waals surface area contributed by atoms with Gasteiger partial charge in [-0.15, -0.1) is 23.5 Å². The van der Waals surface area contributed by atoms with Crippen molar-refractivity contribution < 1.29 is 20.4 Å². The van der Waals surface area contributed by atoms with Gasteiger partial charge in [-0.05, 0) is 11.5 Å². The summed E-state index contributed by atoms with van der Waals surface area (Å²) < 4.78 is -0.170. The molecule has 3 atom stereocenters. The van der Waals surface area contributed by atoms with Crippen molar-refractivity contribution in [1.29, 1.82) is 0 Å². The summed E-state index contributed by atoms with van der Waals surface area (Å²) in [5, 5.41) is 37.2. The minimum Gasteiger partial charge on any atom is -0.394 e. The molecule has 4 nitrogen and oxygen atoms in total. The van der Waals surface area contributed by atoms with Crippen molar-refractivity contribution in [3.05, 3.63) is 0 Å². The highest BCUT2D eigenvalue weighted by Gasteiger charge is 2.30. The maximum atomic E-state index is 9.78. The van der Waals surface area contributed by atoms with E-state index in [1.807, 2.05) is 13.8 Å². The van der Waals surface area contributed by atoms with Gasteiger partial charge in [-0.3, -0.25) is 0 Å². The van der Waals surface area contributed by atoms with Crippen LogP contribution in [0.15, 0.2) is 0 Å². The van der Waals surface area contributed by atoms with Crippen LogP contribution < -0.4 is 0 Å². The first-order valence-electron chi connectivity index (χ1n) is 4.96. The molecule has 15 heavy (non-hydrogen) atoms. The number of hydrogen-bond acceptors (Lipinski definition) is 6. The second kappa shape index (κ2) is 8.66. The normalized spacial score (nSPS) is 17.8. The number of aliphatic hydroxyl groups excluding tert-OH is 4. The first-order valence-corrected chi connectivity index (χ1v) is 7.06. The summed E-state index contributed by atoms with van der Waals surface area (Å²) in [6.07, 6.45) is -3.60. The van der Waals surface area contributed by atoms with Gasteiger partial charge in [-0.2, -0.15) is 0 Å². The molecule has 6 heteroatoms. The zero-order chi connectivity index (χ0) is 11.8. The highest BCUT2D eigenvalue weighted by Crippen LogP contribution is 2.28. The van der Waals surface area contributed by atoms with Crippen LogP contribution in [-0.2, 0) is 0 Å². The third kappa shape index (κ3) is 5.42. The molecule has 0 amide bonds. The van der Waals surface area contributed by atoms with Gasteiger partial charge in [-0.1, -0.05) is 13.8 Å². The van der Waals surface area contributed by atoms with E-state index in [4.69, 9.17) is 5.11 Å². The number of thioether (sulfide) groups is 2. The summed E-state index contributed by atoms with van der Waals surface area (Å²) in [4.78, 5) is 0. The average molecular weight is 256 g/mol. The zero-order valence-electron chi connectivity index (χ0n) is 9.04. The molecule has 0 saturated heterocycles. The summed E-state index contributed by atoms with van der Waals surface area (Å²) in [7, 11) is 0. The SMILES string of the molecule is CCSC(SCC)[C@@H](O)[C@H](O)[C@@H](O)CO. The van der Waals surface area contributed by atoms with Crippen LogP contribution in [0.5, 0.6) is 0 Å². The molecule has 0 fully saturated rings. The lowest BCUT2D eigenvalue weighted by Gasteiger charge is -2.27. The fraction of sp³-hybridized carbons (Fsp3) is 1.00. The largest absolute Gasteiger partial charge is 0.394 e. The van der Waals surface area contributed by atoms with E-state index in [-0.39, 0.29) is 4.58 Å². The maximum Gasteiger partial charge on any atom is 0.110 e. The predicted octanol–water partition coefficient (Wildman–Crippen LogP) is -0.106. The number of aliphatic hydroxyl groups is 4. The number of rotatable bonds is 8. The molecule has 0 aromatic rings. The second-order valence-electron chi connectivity index (χ2n) is 3.01. The Morgan fingerprint density at radius 2 is 1.40 bits per heavy atom. The fourth-order valence-electron chi connectivity index (χ4n) is 1.07. The van der Waals surface area contributed by atoms with Gasteiger partial charge < -0.3 is 20.4 Å². The molecule has 0 rings (SSSR count). The Bertz CT molecular complexity index is 153. The maximum absolute atomic E-state index is 9.78. The Kier molecular flexibility index (Phi) is 8.98. The number of hydrogen-bond donors (Lipinski definition) is 4. The molecule has 0 aliphatic rings. The van der Waals surface area contributed by atoms with Gasteiger partial charge in [0.25, 0.3) is 0 Å². The summed E-state index contributed by atoms with van der Waals surface area (Å²) in [6, 6.07) is 0. The van der Waals surface area contributed by atoms with Crippen LogP contribution in [0, 0.1) is 0 Å². The molecule has 0 aromatic heterocycles. The van der Waals surface area contributed by atoms with E-state index in [2.05, 4.69) is 0 Å². The molecule has 0 aliphatic carbocycles. The van der Waals surface area contributed by atoms with Crippen LogP contribution >= 0.6 is 23.5 Å². The zero-order valence-corrected chi connectivity index (χ0v) is 10.7. The molecule has 92 valence electrons. The van der Waals surface area contributed by atoms with Crippen LogP contribution in [-0.4, -0.2) is 61.4 Å². The van der Waals surface area contributed by atoms with Crippen LogP contribution in [0.4, 0.5) is 0 Å². The molecule has 0 heterocycles. The Morgan fingerprint density at radius 3 is 1.73 bits per heavy atom. The fourth-order valence-corrected chi connectivity index (χ4v) is 3.65. The van der Waals surface area contributed by atoms with E-state index in [0.717, 1.165) is 11.5 Å². The third-order valence-corrected chi connectivity index (χ3v) is 4.57. The summed E-state index contributed by atoms with van der Waals surface area (Å²) >= 11 is 3.05. The van der Waals surface area contributed by atoms with Gasteiger partial charge in [0.2, 0.25) is 0 Å². The Hall–Kier alpha value is 0.540. The van der Waals surface area contributed by atoms with Crippen LogP contribution in [0.3, 0.4) is 0 Å². The van der Waals surface area contributed by atoms with Gasteiger partial charge >= 0.3 is 0 Å². The van der Waals surface area contributed by atoms with Crippen LogP contribution in [0.1, 0.15) is 13.8 Å². The molecule has 0 bridgehead atoms. The van der Waals surface area contributed by atoms with Crippen molar-refractivity contribution in [1.82, 2.24) is 0 Å². The average Bonchev–Trinajstić information content (AvgIpc) is 2.25. The molecular formula is C9H20O4S2. The molecule has 0 unspecified atom stereocenters. The lowest BCUT2D eigenvalue weighted by molar-refractivity contribution is -0.0706. The third-order valence-electron chi connectivity index (χ3n) is 1.87. The smallest absolute Gasteiger partial charge is 0.110 e. The van der Waals surface area contributed by atoms with Crippen molar-refractivity contribution in [2.24, 2.45) is 0 Å². The Labute approximate surface area is 99.1 Å². The molecule has 4 N–H and O–H groups in total. The molecule has 0 radical (unpaired) electrons. The van der Waals surface area contributed by atoms with E-state index in [1.165, 1.54) is 23.5 Å². The van der Waals surface area contributed by atoms with Gasteiger partial charge in [0.1, 0.15) is 18.3 Å². The minimum absolute atomic E-state index is 0.170. The van der Waals surface area contributed by atoms with Crippen molar-refractivity contribution in [3.8, 4) is 0 Å². The first-order chi connectivity index (χ1) is 7.08. The topological polar surface area (TPSA) is 80.9 Å². The second-order valence-corrected chi connectivity index (χ2v) is 6.15. The van der Waals surface area contributed by atoms with Crippen LogP contribution in [0.25, 0.3) is 0 Å². The summed E-state index contributed by atoms with van der Waals surface area (Å²) in [6.45, 7) is 3.39. The molecule has 0 aromatic carbocycles. The van der Waals surface area contributed by atoms with E-state index in [0.29, 0.717) is 0 Å². The Balaban J connectivity index is 4.26. The summed E-state index contributed by atoms with van der Waals surface area (Å²) in [5.41, 5.74) is 0. The molecule has 0 spiro atoms. The molecule has 0 aliphatic heterocycles. The van der Waals surface area contributed by atoms with Gasteiger partial charge in [0.05, 0.1) is 11.2 Å². The van der Waals surface area contributed by atoms with Gasteiger partial charge in [0, 0.05) is 0 Å². The van der Waals surface area contributed by atoms with Gasteiger partial charge in [-0.25, -0.2) is 0 Å². The molecular weight excluding hydrogens is 236 g/mol. The monoisotopic (exact) mass is 256 g/mol. The van der Waals surface area contributed by atoms with Crippen molar-refractivity contribution >= 4 is 23.5 Å². The van der Waals surface area contributed by atoms with Gasteiger partial charge in [0.15, 0.2) is 0 Å². The van der Waals surface area contributed by atoms with E-state index < -0.39 is 24.9 Å². The van der Waals surface area contributed by atoms with Crippen molar-refractivity contribution in [2.45, 2.75) is 36.7 Å². The van der Waals surface area contributed by atoms with E-state index in [1.54, 1.807) is 0 Å². The van der Waals surface area contributed by atoms with Crippen molar-refractivity contribution in [3.63, 3.8) is 0 Å². The highest BCUT2D eigenvalue weighted by atomic mass is 32.2. The Morgan fingerprint density at radius 1 is 0.933 bits per heavy atom. The first kappa shape index (κ1) is 15.5. The standard InChI is InChI=1S/C9H20O4S2/c1-3-14-9(15-4-2)8(13)7(12)6(11)5-10/h6-13H,3-5H2,1-2H3/t6-,7+,8-/m0/s1. The minimum atomic E-state index is -1.29. The van der Waals surface area contributed by atoms with E-state index in [9.17, 15) is 15.3 Å².